The maximum Gasteiger partial charge on any atom is 0.201 e. The third kappa shape index (κ3) is 2.43. The normalized spacial score (nSPS) is 15.4. The summed E-state index contributed by atoms with van der Waals surface area (Å²) in [7, 11) is 0. The second-order valence-electron chi connectivity index (χ2n) is 3.65. The van der Waals surface area contributed by atoms with Crippen molar-refractivity contribution in [1.29, 1.82) is 0 Å². The quantitative estimate of drug-likeness (QED) is 0.732. The zero-order chi connectivity index (χ0) is 10.8. The topological polar surface area (TPSA) is 9.23 Å². The maximum atomic E-state index is 13.4. The van der Waals surface area contributed by atoms with Gasteiger partial charge in [0.05, 0.1) is 6.61 Å². The third-order valence-electron chi connectivity index (χ3n) is 2.40. The zero-order valence-corrected chi connectivity index (χ0v) is 9.24. The van der Waals surface area contributed by atoms with Gasteiger partial charge in [0.25, 0.3) is 0 Å². The van der Waals surface area contributed by atoms with E-state index in [-0.39, 0.29) is 5.75 Å². The van der Waals surface area contributed by atoms with Gasteiger partial charge in [-0.2, -0.15) is 4.39 Å². The van der Waals surface area contributed by atoms with E-state index < -0.39 is 11.6 Å². The van der Waals surface area contributed by atoms with Crippen LogP contribution in [0.5, 0.6) is 5.75 Å². The lowest BCUT2D eigenvalue weighted by Crippen LogP contribution is -2.02. The fraction of sp³-hybridized carbons (Fsp3) is 0.455. The zero-order valence-electron chi connectivity index (χ0n) is 8.43. The minimum atomic E-state index is -0.873. The van der Waals surface area contributed by atoms with E-state index in [1.165, 1.54) is 17.8 Å². The summed E-state index contributed by atoms with van der Waals surface area (Å²) in [5.74, 6) is -1.12. The van der Waals surface area contributed by atoms with Crippen LogP contribution in [0.1, 0.15) is 12.8 Å². The summed E-state index contributed by atoms with van der Waals surface area (Å²) < 4.78 is 32.0. The summed E-state index contributed by atoms with van der Waals surface area (Å²) in [5, 5.41) is 0. The van der Waals surface area contributed by atoms with Crippen LogP contribution in [0.3, 0.4) is 0 Å². The highest BCUT2D eigenvalue weighted by molar-refractivity contribution is 7.98. The number of halogens is 2. The minimum absolute atomic E-state index is 0.0252. The van der Waals surface area contributed by atoms with Gasteiger partial charge in [0, 0.05) is 4.90 Å². The summed E-state index contributed by atoms with van der Waals surface area (Å²) in [6.45, 7) is 0.495. The van der Waals surface area contributed by atoms with Crippen molar-refractivity contribution in [2.75, 3.05) is 12.9 Å². The van der Waals surface area contributed by atoms with Crippen LogP contribution in [0.4, 0.5) is 8.78 Å². The van der Waals surface area contributed by atoms with Crippen molar-refractivity contribution in [3.63, 3.8) is 0 Å². The molecule has 0 atom stereocenters. The molecule has 0 N–H and O–H groups in total. The van der Waals surface area contributed by atoms with Crippen LogP contribution >= 0.6 is 11.8 Å². The lowest BCUT2D eigenvalue weighted by molar-refractivity contribution is 0.279. The molecule has 1 saturated carbocycles. The summed E-state index contributed by atoms with van der Waals surface area (Å²) >= 11 is 1.18. The molecule has 1 fully saturated rings. The lowest BCUT2D eigenvalue weighted by Gasteiger charge is -2.08. The van der Waals surface area contributed by atoms with Gasteiger partial charge < -0.3 is 4.74 Å². The van der Waals surface area contributed by atoms with Crippen LogP contribution in [0, 0.1) is 17.6 Å². The molecule has 1 aliphatic rings. The molecular formula is C11H12F2OS. The monoisotopic (exact) mass is 230 g/mol. The van der Waals surface area contributed by atoms with Crippen LogP contribution < -0.4 is 4.74 Å². The lowest BCUT2D eigenvalue weighted by atomic mass is 10.3. The first kappa shape index (κ1) is 10.7. The summed E-state index contributed by atoms with van der Waals surface area (Å²) in [4.78, 5) is 0.311. The number of benzene rings is 1. The molecule has 0 aliphatic heterocycles. The Morgan fingerprint density at radius 3 is 2.67 bits per heavy atom. The first-order valence-electron chi connectivity index (χ1n) is 4.87. The Labute approximate surface area is 91.8 Å². The summed E-state index contributed by atoms with van der Waals surface area (Å²) in [6.07, 6.45) is 3.97. The summed E-state index contributed by atoms with van der Waals surface area (Å²) in [5.41, 5.74) is 0. The van der Waals surface area contributed by atoms with E-state index in [0.29, 0.717) is 17.4 Å². The Morgan fingerprint density at radius 1 is 1.33 bits per heavy atom. The molecule has 0 saturated heterocycles. The van der Waals surface area contributed by atoms with Gasteiger partial charge in [-0.15, -0.1) is 11.8 Å². The Kier molecular flexibility index (Phi) is 3.14. The van der Waals surface area contributed by atoms with Crippen LogP contribution in [-0.4, -0.2) is 12.9 Å². The third-order valence-corrected chi connectivity index (χ3v) is 3.16. The molecule has 0 radical (unpaired) electrons. The van der Waals surface area contributed by atoms with Gasteiger partial charge >= 0.3 is 0 Å². The van der Waals surface area contributed by atoms with Gasteiger partial charge in [0.1, 0.15) is 0 Å². The molecule has 0 amide bonds. The van der Waals surface area contributed by atoms with E-state index in [9.17, 15) is 8.78 Å². The van der Waals surface area contributed by atoms with E-state index in [1.54, 1.807) is 12.3 Å². The minimum Gasteiger partial charge on any atom is -0.490 e. The molecule has 1 nitrogen and oxygen atoms in total. The second-order valence-corrected chi connectivity index (χ2v) is 4.50. The predicted molar refractivity (Wildman–Crippen MR) is 56.4 cm³/mol. The number of ether oxygens (including phenoxy) is 1. The molecule has 2 rings (SSSR count). The van der Waals surface area contributed by atoms with Crippen LogP contribution in [-0.2, 0) is 0 Å². The molecule has 0 unspecified atom stereocenters. The van der Waals surface area contributed by atoms with Crippen LogP contribution in [0.25, 0.3) is 0 Å². The van der Waals surface area contributed by atoms with Gasteiger partial charge in [-0.25, -0.2) is 4.39 Å². The molecule has 0 aromatic heterocycles. The van der Waals surface area contributed by atoms with Crippen molar-refractivity contribution in [2.24, 2.45) is 5.92 Å². The first-order valence-corrected chi connectivity index (χ1v) is 6.09. The Hall–Kier alpha value is -0.770. The molecule has 1 aromatic rings. The van der Waals surface area contributed by atoms with Crippen LogP contribution in [0.15, 0.2) is 17.0 Å². The van der Waals surface area contributed by atoms with Gasteiger partial charge in [0.15, 0.2) is 11.6 Å². The smallest absolute Gasteiger partial charge is 0.201 e. The van der Waals surface area contributed by atoms with Crippen molar-refractivity contribution in [2.45, 2.75) is 17.7 Å². The van der Waals surface area contributed by atoms with E-state index in [4.69, 9.17) is 4.74 Å². The highest BCUT2D eigenvalue weighted by Crippen LogP contribution is 2.32. The number of rotatable bonds is 4. The van der Waals surface area contributed by atoms with Crippen molar-refractivity contribution >= 4 is 11.8 Å². The molecule has 0 heterocycles. The molecule has 15 heavy (non-hydrogen) atoms. The second kappa shape index (κ2) is 4.39. The van der Waals surface area contributed by atoms with E-state index in [0.717, 1.165) is 12.8 Å². The van der Waals surface area contributed by atoms with E-state index in [2.05, 4.69) is 0 Å². The van der Waals surface area contributed by atoms with E-state index in [1.807, 2.05) is 0 Å². The molecule has 1 aromatic carbocycles. The van der Waals surface area contributed by atoms with Gasteiger partial charge in [0.2, 0.25) is 5.82 Å². The number of hydrogen-bond donors (Lipinski definition) is 0. The van der Waals surface area contributed by atoms with Crippen molar-refractivity contribution in [3.8, 4) is 5.75 Å². The molecule has 1 aliphatic carbocycles. The summed E-state index contributed by atoms with van der Waals surface area (Å²) in [6, 6.07) is 3.04. The van der Waals surface area contributed by atoms with Crippen LogP contribution in [0.2, 0.25) is 0 Å². The Morgan fingerprint density at radius 2 is 2.07 bits per heavy atom. The molecule has 0 bridgehead atoms. The fourth-order valence-electron chi connectivity index (χ4n) is 1.28. The molecule has 4 heteroatoms. The average molecular weight is 230 g/mol. The maximum absolute atomic E-state index is 13.4. The van der Waals surface area contributed by atoms with Gasteiger partial charge in [-0.3, -0.25) is 0 Å². The Bertz CT molecular complexity index is 364. The Balaban J connectivity index is 2.12. The van der Waals surface area contributed by atoms with E-state index >= 15 is 0 Å². The van der Waals surface area contributed by atoms with Crippen molar-refractivity contribution in [3.05, 3.63) is 23.8 Å². The highest BCUT2D eigenvalue weighted by Gasteiger charge is 2.23. The predicted octanol–water partition coefficient (Wildman–Crippen LogP) is 3.48. The van der Waals surface area contributed by atoms with Gasteiger partial charge in [-0.05, 0) is 37.1 Å². The largest absolute Gasteiger partial charge is 0.490 e. The average Bonchev–Trinajstić information content (AvgIpc) is 3.04. The standard InChI is InChI=1S/C11H12F2OS/c1-15-9-5-4-8(10(12)11(9)13)14-6-7-2-3-7/h4-5,7H,2-3,6H2,1H3. The van der Waals surface area contributed by atoms with Crippen molar-refractivity contribution in [1.82, 2.24) is 0 Å². The molecule has 82 valence electrons. The SMILES string of the molecule is CSc1ccc(OCC2CC2)c(F)c1F. The van der Waals surface area contributed by atoms with Gasteiger partial charge in [-0.1, -0.05) is 0 Å². The number of hydrogen-bond acceptors (Lipinski definition) is 2. The molecular weight excluding hydrogens is 218 g/mol. The fourth-order valence-corrected chi connectivity index (χ4v) is 1.75. The molecule has 0 spiro atoms. The van der Waals surface area contributed by atoms with Crippen molar-refractivity contribution < 1.29 is 13.5 Å². The number of thioether (sulfide) groups is 1. The highest BCUT2D eigenvalue weighted by atomic mass is 32.2. The first-order chi connectivity index (χ1) is 7.22.